The number of methoxy groups -OCH3 is 1. The molecule has 1 saturated carbocycles. The molecular weight excluding hydrogens is 551 g/mol. The van der Waals surface area contributed by atoms with Gasteiger partial charge >= 0.3 is 5.97 Å². The molecule has 5 rings (SSSR count). The van der Waals surface area contributed by atoms with Crippen molar-refractivity contribution in [3.8, 4) is 23.3 Å². The molecule has 3 N–H and O–H groups in total. The van der Waals surface area contributed by atoms with E-state index in [1.807, 2.05) is 18.2 Å². The Morgan fingerprint density at radius 3 is 2.46 bits per heavy atom. The second kappa shape index (κ2) is 12.6. The molecule has 1 unspecified atom stereocenters. The normalized spacial score (nSPS) is 20.2. The summed E-state index contributed by atoms with van der Waals surface area (Å²) in [5, 5.41) is 29.3. The van der Waals surface area contributed by atoms with Gasteiger partial charge in [0.05, 0.1) is 24.6 Å². The molecule has 3 aromatic rings. The molecule has 1 fully saturated rings. The zero-order chi connectivity index (χ0) is 29.1. The fourth-order valence-electron chi connectivity index (χ4n) is 6.27. The smallest absolute Gasteiger partial charge is 0.306 e. The summed E-state index contributed by atoms with van der Waals surface area (Å²) in [4.78, 5) is 13.9. The zero-order valence-corrected chi connectivity index (χ0v) is 23.8. The number of aromatic hydroxyl groups is 2. The van der Waals surface area contributed by atoms with E-state index in [0.29, 0.717) is 36.8 Å². The molecule has 2 aliphatic carbocycles. The summed E-state index contributed by atoms with van der Waals surface area (Å²) in [5.74, 6) is 0.0411. The fourth-order valence-corrected chi connectivity index (χ4v) is 6.44. The summed E-state index contributed by atoms with van der Waals surface area (Å²) in [7, 11) is 1.58. The van der Waals surface area contributed by atoms with Gasteiger partial charge in [0.2, 0.25) is 0 Å². The predicted molar refractivity (Wildman–Crippen MR) is 152 cm³/mol. The van der Waals surface area contributed by atoms with E-state index in [9.17, 15) is 24.5 Å². The Hall–Kier alpha value is -3.43. The largest absolute Gasteiger partial charge is 0.494 e. The first kappa shape index (κ1) is 29.1. The molecule has 0 amide bonds. The molecule has 0 saturated heterocycles. The van der Waals surface area contributed by atoms with Crippen LogP contribution in [0.2, 0.25) is 5.02 Å². The minimum atomic E-state index is -0.710. The number of aryl methyl sites for hydroxylation is 1. The van der Waals surface area contributed by atoms with Crippen molar-refractivity contribution in [2.24, 2.45) is 11.8 Å². The van der Waals surface area contributed by atoms with Crippen molar-refractivity contribution in [1.82, 2.24) is 9.47 Å². The lowest BCUT2D eigenvalue weighted by molar-refractivity contribution is -0.143. The lowest BCUT2D eigenvalue weighted by Gasteiger charge is -2.35. The number of ether oxygens (including phenoxy) is 2. The molecular formula is C31H36ClFN2O6. The Bertz CT molecular complexity index is 1370. The van der Waals surface area contributed by atoms with Crippen LogP contribution in [0.4, 0.5) is 4.39 Å². The molecule has 2 aromatic carbocycles. The predicted octanol–water partition coefficient (Wildman–Crippen LogP) is 6.16. The second-order valence-corrected chi connectivity index (χ2v) is 11.4. The second-order valence-electron chi connectivity index (χ2n) is 11.0. The van der Waals surface area contributed by atoms with Gasteiger partial charge in [0.1, 0.15) is 12.4 Å². The number of hydrogen-bond donors (Lipinski definition) is 3. The van der Waals surface area contributed by atoms with Crippen LogP contribution in [0.15, 0.2) is 42.5 Å². The van der Waals surface area contributed by atoms with E-state index in [4.69, 9.17) is 21.1 Å². The number of aromatic nitrogens is 1. The van der Waals surface area contributed by atoms with Gasteiger partial charge < -0.3 is 24.8 Å². The van der Waals surface area contributed by atoms with Crippen LogP contribution >= 0.6 is 11.6 Å². The Morgan fingerprint density at radius 1 is 1.05 bits per heavy atom. The number of carboxylic acid groups (broad SMARTS) is 1. The molecule has 41 heavy (non-hydrogen) atoms. The molecule has 0 aliphatic heterocycles. The van der Waals surface area contributed by atoms with Gasteiger partial charge in [0.15, 0.2) is 23.3 Å². The third-order valence-corrected chi connectivity index (χ3v) is 8.77. The maximum absolute atomic E-state index is 14.2. The quantitative estimate of drug-likeness (QED) is 0.247. The van der Waals surface area contributed by atoms with Gasteiger partial charge in [-0.3, -0.25) is 14.3 Å². The van der Waals surface area contributed by atoms with Gasteiger partial charge in [0, 0.05) is 31.3 Å². The van der Waals surface area contributed by atoms with E-state index < -0.39 is 11.8 Å². The first-order valence-electron chi connectivity index (χ1n) is 14.0. The van der Waals surface area contributed by atoms with Crippen molar-refractivity contribution < 1.29 is 34.0 Å². The number of rotatable bonds is 11. The fraction of sp³-hybridized carbons (Fsp3) is 0.452. The van der Waals surface area contributed by atoms with Gasteiger partial charge in [-0.25, -0.2) is 4.39 Å². The number of aliphatic carboxylic acids is 1. The third-order valence-electron chi connectivity index (χ3n) is 8.48. The SMILES string of the molecule is COc1cc(CN(CC2CCC(C(=O)O)CC2)C2CCc3cc(F)c(Cl)cc32)ccc1OCCn1c(O)ccc1O. The molecule has 1 aromatic heterocycles. The standard InChI is InChI=1S/C31H36ClFN2O6/c1-40-28-14-20(4-9-27(28)41-13-12-35-29(36)10-11-30(35)37)18-34(17-19-2-5-21(6-3-19)31(38)39)26-8-7-22-15-25(33)24(32)16-23(22)26/h4,9-11,14-16,19,21,26,36-37H,2-3,5-8,12-13,17-18H2,1H3,(H,38,39). The summed E-state index contributed by atoms with van der Waals surface area (Å²) < 4.78 is 27.1. The first-order valence-corrected chi connectivity index (χ1v) is 14.4. The van der Waals surface area contributed by atoms with Crippen molar-refractivity contribution in [3.63, 3.8) is 0 Å². The van der Waals surface area contributed by atoms with Crippen molar-refractivity contribution >= 4 is 17.6 Å². The summed E-state index contributed by atoms with van der Waals surface area (Å²) in [5.41, 5.74) is 3.06. The van der Waals surface area contributed by atoms with E-state index in [-0.39, 0.29) is 41.9 Å². The number of hydrogen-bond acceptors (Lipinski definition) is 6. The van der Waals surface area contributed by atoms with Crippen LogP contribution in [0, 0.1) is 17.7 Å². The average molecular weight is 587 g/mol. The number of nitrogens with zero attached hydrogens (tertiary/aromatic N) is 2. The highest BCUT2D eigenvalue weighted by Gasteiger charge is 2.33. The Morgan fingerprint density at radius 2 is 1.78 bits per heavy atom. The molecule has 10 heteroatoms. The highest BCUT2D eigenvalue weighted by Crippen LogP contribution is 2.41. The van der Waals surface area contributed by atoms with E-state index in [1.165, 1.54) is 16.7 Å². The monoisotopic (exact) mass is 586 g/mol. The number of benzene rings is 2. The van der Waals surface area contributed by atoms with E-state index >= 15 is 0 Å². The van der Waals surface area contributed by atoms with Gasteiger partial charge in [-0.2, -0.15) is 0 Å². The molecule has 220 valence electrons. The highest BCUT2D eigenvalue weighted by molar-refractivity contribution is 6.30. The molecule has 1 heterocycles. The topological polar surface area (TPSA) is 104 Å². The van der Waals surface area contributed by atoms with Gasteiger partial charge in [0.25, 0.3) is 0 Å². The van der Waals surface area contributed by atoms with Crippen molar-refractivity contribution in [2.75, 3.05) is 20.3 Å². The molecule has 1 atom stereocenters. The van der Waals surface area contributed by atoms with E-state index in [2.05, 4.69) is 4.90 Å². The first-order chi connectivity index (χ1) is 19.7. The highest BCUT2D eigenvalue weighted by atomic mass is 35.5. The lowest BCUT2D eigenvalue weighted by Crippen LogP contribution is -2.34. The van der Waals surface area contributed by atoms with Crippen molar-refractivity contribution in [1.29, 1.82) is 0 Å². The molecule has 8 nitrogen and oxygen atoms in total. The van der Waals surface area contributed by atoms with Crippen molar-refractivity contribution in [3.05, 3.63) is 70.0 Å². The van der Waals surface area contributed by atoms with Crippen LogP contribution in [-0.2, 0) is 24.3 Å². The Labute approximate surface area is 243 Å². The zero-order valence-electron chi connectivity index (χ0n) is 23.1. The Kier molecular flexibility index (Phi) is 8.94. The van der Waals surface area contributed by atoms with Crippen LogP contribution in [0.1, 0.15) is 54.8 Å². The number of fused-ring (bicyclic) bond motifs is 1. The average Bonchev–Trinajstić information content (AvgIpc) is 3.51. The minimum absolute atomic E-state index is 0.0394. The number of halogens is 2. The maximum Gasteiger partial charge on any atom is 0.306 e. The minimum Gasteiger partial charge on any atom is -0.494 e. The summed E-state index contributed by atoms with van der Waals surface area (Å²) in [6, 6.07) is 12.0. The summed E-state index contributed by atoms with van der Waals surface area (Å²) in [6.07, 6.45) is 4.73. The van der Waals surface area contributed by atoms with Gasteiger partial charge in [-0.05, 0) is 85.4 Å². The summed E-state index contributed by atoms with van der Waals surface area (Å²) >= 11 is 6.20. The summed E-state index contributed by atoms with van der Waals surface area (Å²) in [6.45, 7) is 1.90. The van der Waals surface area contributed by atoms with Crippen LogP contribution in [0.3, 0.4) is 0 Å². The maximum atomic E-state index is 14.2. The van der Waals surface area contributed by atoms with Crippen LogP contribution in [0.5, 0.6) is 23.3 Å². The van der Waals surface area contributed by atoms with Crippen LogP contribution < -0.4 is 9.47 Å². The van der Waals surface area contributed by atoms with E-state index in [1.54, 1.807) is 19.2 Å². The molecule has 0 spiro atoms. The molecule has 0 radical (unpaired) electrons. The number of carboxylic acids is 1. The molecule has 2 aliphatic rings. The third kappa shape index (κ3) is 6.57. The van der Waals surface area contributed by atoms with E-state index in [0.717, 1.165) is 48.9 Å². The van der Waals surface area contributed by atoms with Crippen LogP contribution in [0.25, 0.3) is 0 Å². The van der Waals surface area contributed by atoms with Crippen LogP contribution in [-0.4, -0.2) is 51.0 Å². The lowest BCUT2D eigenvalue weighted by atomic mass is 9.81. The number of carbonyl (C=O) groups is 1. The molecule has 0 bridgehead atoms. The Balaban J connectivity index is 1.32. The van der Waals surface area contributed by atoms with Gasteiger partial charge in [-0.1, -0.05) is 17.7 Å². The van der Waals surface area contributed by atoms with Crippen molar-refractivity contribution in [2.45, 2.75) is 57.7 Å². The van der Waals surface area contributed by atoms with Gasteiger partial charge in [-0.15, -0.1) is 0 Å².